The Morgan fingerprint density at radius 3 is 2.52 bits per heavy atom. The minimum absolute atomic E-state index is 0.0126. The van der Waals surface area contributed by atoms with Gasteiger partial charge in [0.15, 0.2) is 0 Å². The molecule has 25 heavy (non-hydrogen) atoms. The number of amides is 1. The third-order valence-electron chi connectivity index (χ3n) is 5.17. The van der Waals surface area contributed by atoms with Gasteiger partial charge in [-0.3, -0.25) is 9.59 Å². The molecule has 1 N–H and O–H groups in total. The molecule has 2 atom stereocenters. The van der Waals surface area contributed by atoms with Gasteiger partial charge in [-0.1, -0.05) is 17.3 Å². The summed E-state index contributed by atoms with van der Waals surface area (Å²) in [5.41, 5.74) is 0.779. The van der Waals surface area contributed by atoms with E-state index < -0.39 is 5.91 Å². The van der Waals surface area contributed by atoms with E-state index in [2.05, 4.69) is 15.5 Å². The summed E-state index contributed by atoms with van der Waals surface area (Å²) < 4.78 is 18.1. The molecule has 2 aliphatic carbocycles. The van der Waals surface area contributed by atoms with Crippen LogP contribution in [-0.4, -0.2) is 21.8 Å². The van der Waals surface area contributed by atoms with Crippen LogP contribution in [0.3, 0.4) is 0 Å². The molecule has 2 aromatic rings. The van der Waals surface area contributed by atoms with Crippen LogP contribution in [0.2, 0.25) is 0 Å². The maximum Gasteiger partial charge on any atom is 0.292 e. The van der Waals surface area contributed by atoms with E-state index in [0.29, 0.717) is 11.7 Å². The molecule has 1 amide bonds. The maximum atomic E-state index is 12.9. The average molecular weight is 343 g/mol. The molecule has 2 saturated carbocycles. The van der Waals surface area contributed by atoms with Gasteiger partial charge >= 0.3 is 0 Å². The van der Waals surface area contributed by atoms with Crippen molar-refractivity contribution in [3.8, 4) is 0 Å². The summed E-state index contributed by atoms with van der Waals surface area (Å²) in [4.78, 5) is 28.3. The number of halogens is 1. The Hall–Kier alpha value is -2.57. The fourth-order valence-corrected chi connectivity index (χ4v) is 3.83. The maximum absolute atomic E-state index is 12.9. The first-order valence-electron chi connectivity index (χ1n) is 8.50. The van der Waals surface area contributed by atoms with Gasteiger partial charge in [-0.2, -0.15) is 4.98 Å². The molecule has 2 aliphatic rings. The molecule has 0 spiro atoms. The van der Waals surface area contributed by atoms with Gasteiger partial charge in [0.25, 0.3) is 11.7 Å². The molecule has 0 saturated heterocycles. The van der Waals surface area contributed by atoms with Crippen LogP contribution >= 0.6 is 0 Å². The van der Waals surface area contributed by atoms with Crippen molar-refractivity contribution in [2.24, 2.45) is 11.8 Å². The number of fused-ring (bicyclic) bond motifs is 2. The third kappa shape index (κ3) is 3.18. The van der Waals surface area contributed by atoms with Gasteiger partial charge in [0, 0.05) is 24.3 Å². The molecule has 0 radical (unpaired) electrons. The van der Waals surface area contributed by atoms with Gasteiger partial charge in [0.05, 0.1) is 0 Å². The topological polar surface area (TPSA) is 85.1 Å². The quantitative estimate of drug-likeness (QED) is 0.922. The van der Waals surface area contributed by atoms with E-state index in [4.69, 9.17) is 4.52 Å². The molecular weight excluding hydrogens is 325 g/mol. The van der Waals surface area contributed by atoms with Crippen molar-refractivity contribution in [3.05, 3.63) is 47.4 Å². The number of hydrogen-bond donors (Lipinski definition) is 1. The van der Waals surface area contributed by atoms with E-state index in [1.54, 1.807) is 12.1 Å². The van der Waals surface area contributed by atoms with Crippen molar-refractivity contribution in [1.29, 1.82) is 0 Å². The number of nitrogens with zero attached hydrogens (tertiary/aromatic N) is 2. The number of hydrogen-bond acceptors (Lipinski definition) is 5. The summed E-state index contributed by atoms with van der Waals surface area (Å²) in [6.45, 7) is 0.255. The smallest absolute Gasteiger partial charge is 0.292 e. The Labute approximate surface area is 143 Å². The monoisotopic (exact) mass is 343 g/mol. The Morgan fingerprint density at radius 1 is 1.16 bits per heavy atom. The third-order valence-corrected chi connectivity index (χ3v) is 5.17. The van der Waals surface area contributed by atoms with Crippen molar-refractivity contribution >= 4 is 11.7 Å². The van der Waals surface area contributed by atoms with Gasteiger partial charge in [0.2, 0.25) is 5.89 Å². The molecule has 1 heterocycles. The van der Waals surface area contributed by atoms with Crippen LogP contribution < -0.4 is 5.32 Å². The van der Waals surface area contributed by atoms with E-state index in [1.165, 1.54) is 12.1 Å². The number of carbonyl (C=O) groups is 2. The number of aromatic nitrogens is 2. The highest BCUT2D eigenvalue weighted by atomic mass is 19.1. The fraction of sp³-hybridized carbons (Fsp3) is 0.444. The molecule has 1 aromatic carbocycles. The van der Waals surface area contributed by atoms with Crippen LogP contribution in [0.25, 0.3) is 0 Å². The Kier molecular flexibility index (Phi) is 4.07. The second-order valence-corrected chi connectivity index (χ2v) is 6.81. The van der Waals surface area contributed by atoms with Crippen LogP contribution in [0.4, 0.5) is 4.39 Å². The lowest BCUT2D eigenvalue weighted by atomic mass is 9.80. The van der Waals surface area contributed by atoms with Gasteiger partial charge < -0.3 is 9.84 Å². The summed E-state index contributed by atoms with van der Waals surface area (Å²) >= 11 is 0. The van der Waals surface area contributed by atoms with Crippen LogP contribution in [0.15, 0.2) is 28.8 Å². The number of ketones is 1. The number of Topliss-reactive ketones (excluding diaryl/α,β-unsaturated/α-hetero) is 1. The van der Waals surface area contributed by atoms with Crippen molar-refractivity contribution in [2.45, 2.75) is 38.1 Å². The summed E-state index contributed by atoms with van der Waals surface area (Å²) in [6, 6.07) is 5.89. The number of carbonyl (C=O) groups excluding carboxylic acids is 2. The molecule has 2 bridgehead atoms. The van der Waals surface area contributed by atoms with Crippen molar-refractivity contribution in [3.63, 3.8) is 0 Å². The van der Waals surface area contributed by atoms with Gasteiger partial charge in [-0.05, 0) is 43.4 Å². The lowest BCUT2D eigenvalue weighted by Gasteiger charge is -2.23. The van der Waals surface area contributed by atoms with Crippen molar-refractivity contribution in [2.75, 3.05) is 0 Å². The highest BCUT2D eigenvalue weighted by Gasteiger charge is 2.43. The highest BCUT2D eigenvalue weighted by Crippen LogP contribution is 2.45. The second kappa shape index (κ2) is 6.38. The lowest BCUT2D eigenvalue weighted by Crippen LogP contribution is -2.25. The summed E-state index contributed by atoms with van der Waals surface area (Å²) in [5.74, 6) is 0.303. The number of rotatable bonds is 4. The van der Waals surface area contributed by atoms with Crippen LogP contribution in [0.1, 0.15) is 53.7 Å². The predicted molar refractivity (Wildman–Crippen MR) is 85.1 cm³/mol. The van der Waals surface area contributed by atoms with Crippen molar-refractivity contribution in [1.82, 2.24) is 15.5 Å². The molecule has 130 valence electrons. The van der Waals surface area contributed by atoms with Gasteiger partial charge in [0.1, 0.15) is 11.6 Å². The summed E-state index contributed by atoms with van der Waals surface area (Å²) in [6.07, 6.45) is 3.35. The summed E-state index contributed by atoms with van der Waals surface area (Å²) in [7, 11) is 0. The van der Waals surface area contributed by atoms with Crippen LogP contribution in [0.5, 0.6) is 0 Å². The minimum atomic E-state index is -0.436. The van der Waals surface area contributed by atoms with E-state index in [1.807, 2.05) is 0 Å². The molecule has 2 unspecified atom stereocenters. The second-order valence-electron chi connectivity index (χ2n) is 6.81. The minimum Gasteiger partial charge on any atom is -0.345 e. The first kappa shape index (κ1) is 15.9. The van der Waals surface area contributed by atoms with E-state index in [0.717, 1.165) is 31.2 Å². The average Bonchev–Trinajstić information content (AvgIpc) is 3.16. The zero-order valence-electron chi connectivity index (χ0n) is 13.6. The zero-order chi connectivity index (χ0) is 17.4. The predicted octanol–water partition coefficient (Wildman–Crippen LogP) is 2.61. The Morgan fingerprint density at radius 2 is 1.84 bits per heavy atom. The van der Waals surface area contributed by atoms with E-state index in [9.17, 15) is 14.0 Å². The first-order valence-corrected chi connectivity index (χ1v) is 8.50. The molecular formula is C18H18FN3O3. The molecule has 7 heteroatoms. The Bertz CT molecular complexity index is 786. The zero-order valence-corrected chi connectivity index (χ0v) is 13.6. The standard InChI is InChI=1S/C18H18FN3O3/c19-14-5-1-10(2-6-14)9-20-17(24)16-21-18(25-22-16)13-7-11-3-4-12(8-13)15(11)23/h1-2,5-6,11-13H,3-4,7-9H2,(H,20,24). The number of benzene rings is 1. The van der Waals surface area contributed by atoms with Gasteiger partial charge in [-0.25, -0.2) is 4.39 Å². The number of nitrogens with one attached hydrogen (secondary N) is 1. The largest absolute Gasteiger partial charge is 0.345 e. The Balaban J connectivity index is 1.38. The SMILES string of the molecule is O=C(NCc1ccc(F)cc1)c1noc(C2CC3CCC(C2)C3=O)n1. The fourth-order valence-electron chi connectivity index (χ4n) is 3.83. The van der Waals surface area contributed by atoms with Crippen molar-refractivity contribution < 1.29 is 18.5 Å². The van der Waals surface area contributed by atoms with Crippen LogP contribution in [-0.2, 0) is 11.3 Å². The molecule has 2 fully saturated rings. The van der Waals surface area contributed by atoms with Gasteiger partial charge in [-0.15, -0.1) is 0 Å². The molecule has 1 aromatic heterocycles. The summed E-state index contributed by atoms with van der Waals surface area (Å²) in [5, 5.41) is 6.45. The molecule has 4 rings (SSSR count). The molecule has 6 nitrogen and oxygen atoms in total. The molecule has 0 aliphatic heterocycles. The van der Waals surface area contributed by atoms with E-state index in [-0.39, 0.29) is 35.9 Å². The lowest BCUT2D eigenvalue weighted by molar-refractivity contribution is -0.126. The normalized spacial score (nSPS) is 25.2. The van der Waals surface area contributed by atoms with Crippen LogP contribution in [0, 0.1) is 17.7 Å². The highest BCUT2D eigenvalue weighted by molar-refractivity contribution is 5.90. The first-order chi connectivity index (χ1) is 12.1. The van der Waals surface area contributed by atoms with E-state index >= 15 is 0 Å².